The maximum Gasteiger partial charge on any atom is 0.303 e. The van der Waals surface area contributed by atoms with Gasteiger partial charge in [0.25, 0.3) is 11.8 Å². The standard InChI is InChI=1S/C33H31Cl2FN2O7/c1-17-15-18(6-13-24(17)39)27-21-11-12-22-26(29(43)37(28(22)42)14-4-2-3-5-25(40)41)23(21)16-32(34)30(44)38(31(45)33(27,32)35)20-9-7-19(36)8-10-20/h6-11,13,15,22-23,26-27,39H,2-5,12,14,16H2,1H3,(H,40,41)/t22-,23+,26-,27-,32+,33-/m0/s1. The van der Waals surface area contributed by atoms with E-state index >= 15 is 0 Å². The predicted molar refractivity (Wildman–Crippen MR) is 162 cm³/mol. The van der Waals surface area contributed by atoms with E-state index in [9.17, 15) is 33.5 Å². The maximum absolute atomic E-state index is 14.3. The molecule has 9 nitrogen and oxygen atoms in total. The maximum atomic E-state index is 14.3. The molecule has 3 fully saturated rings. The number of allylic oxidation sites excluding steroid dienone is 2. The summed E-state index contributed by atoms with van der Waals surface area (Å²) in [6.07, 6.45) is 3.27. The average molecular weight is 658 g/mol. The summed E-state index contributed by atoms with van der Waals surface area (Å²) < 4.78 is 13.8. The van der Waals surface area contributed by atoms with Crippen molar-refractivity contribution < 1.29 is 38.6 Å². The number of aliphatic carboxylic acids is 1. The minimum Gasteiger partial charge on any atom is -0.508 e. The minimum absolute atomic E-state index is 0.000287. The number of carboxylic acids is 1. The Morgan fingerprint density at radius 1 is 0.978 bits per heavy atom. The highest BCUT2D eigenvalue weighted by Gasteiger charge is 2.76. The van der Waals surface area contributed by atoms with Gasteiger partial charge in [0.05, 0.1) is 17.5 Å². The molecular formula is C33H31Cl2FN2O7. The lowest BCUT2D eigenvalue weighted by Crippen LogP contribution is -2.60. The number of carboxylic acid groups (broad SMARTS) is 1. The third kappa shape index (κ3) is 4.67. The van der Waals surface area contributed by atoms with Gasteiger partial charge in [0.15, 0.2) is 9.75 Å². The van der Waals surface area contributed by atoms with Crippen LogP contribution in [-0.4, -0.2) is 61.0 Å². The lowest BCUT2D eigenvalue weighted by molar-refractivity contribution is -0.141. The predicted octanol–water partition coefficient (Wildman–Crippen LogP) is 5.05. The molecule has 4 aliphatic rings. The monoisotopic (exact) mass is 656 g/mol. The van der Waals surface area contributed by atoms with Gasteiger partial charge in [-0.1, -0.05) is 30.2 Å². The van der Waals surface area contributed by atoms with Crippen molar-refractivity contribution in [2.45, 2.75) is 61.1 Å². The number of likely N-dealkylation sites (tertiary alicyclic amines) is 1. The molecule has 4 amide bonds. The number of hydrogen-bond acceptors (Lipinski definition) is 6. The highest BCUT2D eigenvalue weighted by atomic mass is 35.5. The van der Waals surface area contributed by atoms with Gasteiger partial charge in [-0.3, -0.25) is 28.9 Å². The van der Waals surface area contributed by atoms with Crippen molar-refractivity contribution >= 4 is 58.5 Å². The van der Waals surface area contributed by atoms with E-state index < -0.39 is 62.9 Å². The van der Waals surface area contributed by atoms with Gasteiger partial charge < -0.3 is 10.2 Å². The first-order chi connectivity index (χ1) is 21.3. The zero-order valence-electron chi connectivity index (χ0n) is 24.3. The number of imide groups is 2. The Kier molecular flexibility index (Phi) is 7.80. The fraction of sp³-hybridized carbons (Fsp3) is 0.424. The number of nitrogens with zero attached hydrogens (tertiary/aromatic N) is 2. The van der Waals surface area contributed by atoms with Crippen LogP contribution >= 0.6 is 23.2 Å². The lowest BCUT2D eigenvalue weighted by atomic mass is 9.56. The van der Waals surface area contributed by atoms with E-state index in [4.69, 9.17) is 28.3 Å². The second kappa shape index (κ2) is 11.2. The number of benzene rings is 2. The third-order valence-electron chi connectivity index (χ3n) is 9.81. The van der Waals surface area contributed by atoms with Crippen molar-refractivity contribution in [3.8, 4) is 5.75 Å². The zero-order chi connectivity index (χ0) is 32.4. The molecule has 6 atom stereocenters. The molecule has 2 heterocycles. The molecule has 0 unspecified atom stereocenters. The first-order valence-electron chi connectivity index (χ1n) is 14.9. The molecule has 2 aliphatic carbocycles. The van der Waals surface area contributed by atoms with Gasteiger partial charge in [-0.25, -0.2) is 9.29 Å². The van der Waals surface area contributed by atoms with Crippen LogP contribution in [0.4, 0.5) is 10.1 Å². The molecular weight excluding hydrogens is 626 g/mol. The molecule has 12 heteroatoms. The molecule has 0 aromatic heterocycles. The molecule has 2 aromatic rings. The van der Waals surface area contributed by atoms with Crippen LogP contribution in [0, 0.1) is 30.5 Å². The average Bonchev–Trinajstić information content (AvgIpc) is 3.32. The first kappa shape index (κ1) is 31.2. The van der Waals surface area contributed by atoms with Crippen molar-refractivity contribution in [2.75, 3.05) is 11.4 Å². The van der Waals surface area contributed by atoms with Crippen molar-refractivity contribution in [3.05, 3.63) is 71.1 Å². The van der Waals surface area contributed by atoms with Crippen molar-refractivity contribution in [1.29, 1.82) is 0 Å². The number of hydrogen-bond donors (Lipinski definition) is 2. The summed E-state index contributed by atoms with van der Waals surface area (Å²) in [5.74, 6) is -6.99. The zero-order valence-corrected chi connectivity index (χ0v) is 25.9. The summed E-state index contributed by atoms with van der Waals surface area (Å²) >= 11 is 14.7. The number of rotatable bonds is 8. The van der Waals surface area contributed by atoms with E-state index in [1.54, 1.807) is 19.1 Å². The van der Waals surface area contributed by atoms with E-state index in [2.05, 4.69) is 0 Å². The number of halogens is 3. The quantitative estimate of drug-likeness (QED) is 0.176. The third-order valence-corrected chi connectivity index (χ3v) is 11.2. The number of aromatic hydroxyl groups is 1. The molecule has 2 saturated heterocycles. The Hall–Kier alpha value is -3.76. The molecule has 236 valence electrons. The summed E-state index contributed by atoms with van der Waals surface area (Å²) in [7, 11) is 0. The Labute approximate surface area is 268 Å². The number of carbonyl (C=O) groups is 5. The van der Waals surface area contributed by atoms with Gasteiger partial charge in [-0.15, -0.1) is 23.2 Å². The SMILES string of the molecule is Cc1cc([C@H]2C3=CC[C@@H]4C(=O)N(CCCCCC(=O)O)C(=O)[C@@H]4[C@@H]3C[C@@]3(Cl)C(=O)N(c4ccc(F)cc4)C(=O)[C@@]23Cl)ccc1O. The fourth-order valence-electron chi connectivity index (χ4n) is 7.64. The van der Waals surface area contributed by atoms with Crippen LogP contribution in [-0.2, 0) is 24.0 Å². The van der Waals surface area contributed by atoms with E-state index in [-0.39, 0.29) is 43.2 Å². The Balaban J connectivity index is 1.42. The number of phenols is 1. The molecule has 2 N–H and O–H groups in total. The van der Waals surface area contributed by atoms with E-state index in [1.165, 1.54) is 23.1 Å². The van der Waals surface area contributed by atoms with Crippen LogP contribution < -0.4 is 4.90 Å². The summed E-state index contributed by atoms with van der Waals surface area (Å²) in [4.78, 5) is 64.9. The van der Waals surface area contributed by atoms with Gasteiger partial charge in [0.1, 0.15) is 11.6 Å². The topological polar surface area (TPSA) is 132 Å². The second-order valence-electron chi connectivity index (χ2n) is 12.3. The highest BCUT2D eigenvalue weighted by molar-refractivity contribution is 6.58. The molecule has 45 heavy (non-hydrogen) atoms. The van der Waals surface area contributed by atoms with Crippen molar-refractivity contribution in [1.82, 2.24) is 4.90 Å². The van der Waals surface area contributed by atoms with Crippen LogP contribution in [0.15, 0.2) is 54.1 Å². The van der Waals surface area contributed by atoms with E-state index in [1.807, 2.05) is 6.08 Å². The second-order valence-corrected chi connectivity index (χ2v) is 13.6. The van der Waals surface area contributed by atoms with E-state index in [0.29, 0.717) is 36.0 Å². The molecule has 0 spiro atoms. The van der Waals surface area contributed by atoms with Gasteiger partial charge in [0, 0.05) is 18.9 Å². The van der Waals surface area contributed by atoms with Crippen LogP contribution in [0.2, 0.25) is 0 Å². The van der Waals surface area contributed by atoms with Crippen LogP contribution in [0.3, 0.4) is 0 Å². The number of phenolic OH excluding ortho intramolecular Hbond substituents is 1. The van der Waals surface area contributed by atoms with Gasteiger partial charge in [0.2, 0.25) is 11.8 Å². The molecule has 6 rings (SSSR count). The molecule has 2 aliphatic heterocycles. The number of anilines is 1. The summed E-state index contributed by atoms with van der Waals surface area (Å²) in [5, 5.41) is 19.2. The summed E-state index contributed by atoms with van der Waals surface area (Å²) in [6.45, 7) is 1.83. The number of amides is 4. The Morgan fingerprint density at radius 2 is 1.69 bits per heavy atom. The van der Waals surface area contributed by atoms with Gasteiger partial charge >= 0.3 is 5.97 Å². The largest absolute Gasteiger partial charge is 0.508 e. The number of unbranched alkanes of at least 4 members (excludes halogenated alkanes) is 2. The summed E-state index contributed by atoms with van der Waals surface area (Å²) in [5.41, 5.74) is 1.73. The number of aryl methyl sites for hydroxylation is 1. The van der Waals surface area contributed by atoms with Crippen LogP contribution in [0.5, 0.6) is 5.75 Å². The Morgan fingerprint density at radius 3 is 2.36 bits per heavy atom. The first-order valence-corrected chi connectivity index (χ1v) is 15.7. The molecule has 2 aromatic carbocycles. The fourth-order valence-corrected chi connectivity index (χ4v) is 8.57. The number of carbonyl (C=O) groups excluding carboxylic acids is 4. The van der Waals surface area contributed by atoms with Gasteiger partial charge in [-0.05, 0) is 80.0 Å². The van der Waals surface area contributed by atoms with Crippen molar-refractivity contribution in [2.24, 2.45) is 17.8 Å². The molecule has 0 radical (unpaired) electrons. The number of alkyl halides is 2. The highest BCUT2D eigenvalue weighted by Crippen LogP contribution is 2.65. The summed E-state index contributed by atoms with van der Waals surface area (Å²) in [6, 6.07) is 9.55. The lowest BCUT2D eigenvalue weighted by Gasteiger charge is -2.50. The molecule has 0 bridgehead atoms. The normalized spacial score (nSPS) is 30.7. The van der Waals surface area contributed by atoms with E-state index in [0.717, 1.165) is 17.0 Å². The number of fused-ring (bicyclic) bond motifs is 4. The van der Waals surface area contributed by atoms with Crippen molar-refractivity contribution in [3.63, 3.8) is 0 Å². The van der Waals surface area contributed by atoms with Gasteiger partial charge in [-0.2, -0.15) is 0 Å². The van der Waals surface area contributed by atoms with Crippen LogP contribution in [0.1, 0.15) is 55.6 Å². The smallest absolute Gasteiger partial charge is 0.303 e. The minimum atomic E-state index is -2.05. The molecule has 1 saturated carbocycles. The van der Waals surface area contributed by atoms with Crippen LogP contribution in [0.25, 0.3) is 0 Å². The Bertz CT molecular complexity index is 1660.